The summed E-state index contributed by atoms with van der Waals surface area (Å²) < 4.78 is 2.56. The van der Waals surface area contributed by atoms with Crippen molar-refractivity contribution >= 4 is 44.1 Å². The van der Waals surface area contributed by atoms with Crippen molar-refractivity contribution in [3.8, 4) is 33.4 Å². The van der Waals surface area contributed by atoms with E-state index in [1.54, 1.807) is 0 Å². The highest BCUT2D eigenvalue weighted by atomic mass is 15.1. The maximum absolute atomic E-state index is 5.73. The molecule has 3 aliphatic rings. The lowest BCUT2D eigenvalue weighted by Crippen LogP contribution is -2.14. The van der Waals surface area contributed by atoms with Crippen LogP contribution in [0.15, 0.2) is 138 Å². The monoisotopic (exact) mass is 668 g/mol. The van der Waals surface area contributed by atoms with Crippen molar-refractivity contribution in [3.63, 3.8) is 0 Å². The Morgan fingerprint density at radius 3 is 1.96 bits per heavy atom. The molecule has 0 fully saturated rings. The smallest absolute Gasteiger partial charge is 0.114 e. The Hall–Kier alpha value is -5.73. The molecule has 0 radical (unpaired) electrons. The number of nitrogens with zero attached hydrogens (tertiary/aromatic N) is 2. The minimum atomic E-state index is 0.349. The van der Waals surface area contributed by atoms with E-state index in [0.29, 0.717) is 17.8 Å². The van der Waals surface area contributed by atoms with Gasteiger partial charge >= 0.3 is 0 Å². The molecule has 3 unspecified atom stereocenters. The number of rotatable bonds is 0. The van der Waals surface area contributed by atoms with Gasteiger partial charge in [-0.3, -0.25) is 4.57 Å². The van der Waals surface area contributed by atoms with E-state index in [1.165, 1.54) is 93.8 Å². The highest BCUT2D eigenvalue weighted by Gasteiger charge is 2.33. The third-order valence-corrected chi connectivity index (χ3v) is 12.9. The fraction of sp³-hybridized carbons (Fsp3) is 0.180. The van der Waals surface area contributed by atoms with Crippen molar-refractivity contribution in [2.45, 2.75) is 57.8 Å². The van der Waals surface area contributed by atoms with E-state index in [-0.39, 0.29) is 0 Å². The first-order valence-electron chi connectivity index (χ1n) is 19.1. The van der Waals surface area contributed by atoms with Crippen molar-refractivity contribution in [2.24, 2.45) is 4.99 Å². The van der Waals surface area contributed by atoms with Crippen molar-refractivity contribution in [1.29, 1.82) is 0 Å². The van der Waals surface area contributed by atoms with Crippen LogP contribution in [-0.2, 0) is 0 Å². The molecule has 11 rings (SSSR count). The molecule has 0 amide bonds. The average molecular weight is 669 g/mol. The second kappa shape index (κ2) is 11.1. The number of fused-ring (bicyclic) bond motifs is 14. The molecule has 2 heterocycles. The summed E-state index contributed by atoms with van der Waals surface area (Å²) in [5, 5.41) is 5.17. The largest absolute Gasteiger partial charge is 0.297 e. The zero-order chi connectivity index (χ0) is 34.7. The maximum Gasteiger partial charge on any atom is 0.114 e. The minimum Gasteiger partial charge on any atom is -0.297 e. The molecule has 3 atom stereocenters. The van der Waals surface area contributed by atoms with Gasteiger partial charge in [0.05, 0.1) is 16.7 Å². The van der Waals surface area contributed by atoms with Crippen molar-refractivity contribution in [3.05, 3.63) is 161 Å². The second-order valence-corrected chi connectivity index (χ2v) is 15.4. The Morgan fingerprint density at radius 1 is 0.577 bits per heavy atom. The highest BCUT2D eigenvalue weighted by Crippen LogP contribution is 2.53. The number of hydrogen-bond donors (Lipinski definition) is 0. The summed E-state index contributed by atoms with van der Waals surface area (Å²) in [6, 6.07) is 50.4. The minimum absolute atomic E-state index is 0.349. The fourth-order valence-corrected chi connectivity index (χ4v) is 10.2. The van der Waals surface area contributed by atoms with Gasteiger partial charge < -0.3 is 0 Å². The third kappa shape index (κ3) is 4.10. The van der Waals surface area contributed by atoms with Gasteiger partial charge in [-0.15, -0.1) is 0 Å². The molecule has 0 spiro atoms. The van der Waals surface area contributed by atoms with Crippen LogP contribution in [0, 0.1) is 6.92 Å². The average Bonchev–Trinajstić information content (AvgIpc) is 3.67. The molecule has 0 saturated carbocycles. The quantitative estimate of drug-likeness (QED) is 0.153. The molecule has 2 aliphatic carbocycles. The van der Waals surface area contributed by atoms with Gasteiger partial charge in [-0.1, -0.05) is 123 Å². The number of aromatic nitrogens is 1. The van der Waals surface area contributed by atoms with E-state index in [2.05, 4.69) is 159 Å². The molecular weight excluding hydrogens is 629 g/mol. The van der Waals surface area contributed by atoms with Gasteiger partial charge in [-0.2, -0.15) is 0 Å². The van der Waals surface area contributed by atoms with Gasteiger partial charge in [0.1, 0.15) is 5.84 Å². The Labute approximate surface area is 305 Å². The lowest BCUT2D eigenvalue weighted by Gasteiger charge is -2.24. The van der Waals surface area contributed by atoms with Crippen molar-refractivity contribution < 1.29 is 0 Å². The Bertz CT molecular complexity index is 2830. The first-order chi connectivity index (χ1) is 25.6. The van der Waals surface area contributed by atoms with Crippen LogP contribution >= 0.6 is 0 Å². The van der Waals surface area contributed by atoms with Gasteiger partial charge in [-0.05, 0) is 128 Å². The second-order valence-electron chi connectivity index (χ2n) is 15.4. The summed E-state index contributed by atoms with van der Waals surface area (Å²) in [7, 11) is 0. The number of benzene rings is 7. The summed E-state index contributed by atoms with van der Waals surface area (Å²) in [5.41, 5.74) is 18.8. The van der Waals surface area contributed by atoms with Crippen LogP contribution in [0.4, 0.5) is 5.69 Å². The van der Waals surface area contributed by atoms with E-state index < -0.39 is 0 Å². The molecule has 7 aromatic carbocycles. The topological polar surface area (TPSA) is 17.3 Å². The molecular formula is C50H40N2. The molecule has 52 heavy (non-hydrogen) atoms. The van der Waals surface area contributed by atoms with Crippen LogP contribution in [-0.4, -0.2) is 10.4 Å². The first-order valence-corrected chi connectivity index (χ1v) is 19.1. The Morgan fingerprint density at radius 2 is 1.19 bits per heavy atom. The van der Waals surface area contributed by atoms with Crippen LogP contribution in [0.25, 0.3) is 66.0 Å². The van der Waals surface area contributed by atoms with Crippen molar-refractivity contribution in [1.82, 2.24) is 4.57 Å². The van der Waals surface area contributed by atoms with Crippen molar-refractivity contribution in [2.75, 3.05) is 0 Å². The molecule has 1 aliphatic heterocycles. The molecule has 2 nitrogen and oxygen atoms in total. The Balaban J connectivity index is 1.30. The maximum atomic E-state index is 5.73. The molecule has 2 bridgehead atoms. The molecule has 0 saturated heterocycles. The molecule has 8 aromatic rings. The zero-order valence-corrected chi connectivity index (χ0v) is 29.9. The predicted molar refractivity (Wildman–Crippen MR) is 219 cm³/mol. The van der Waals surface area contributed by atoms with Crippen LogP contribution in [0.3, 0.4) is 0 Å². The van der Waals surface area contributed by atoms with Gasteiger partial charge in [-0.25, -0.2) is 4.99 Å². The van der Waals surface area contributed by atoms with E-state index >= 15 is 0 Å². The van der Waals surface area contributed by atoms with E-state index in [1.807, 2.05) is 0 Å². The standard InChI is InChI=1S/C50H40N2/c1-29-30(2)35-17-7-11-21-39(35)48-31(3)42(36-18-8-6-16-34(29)36)28-46-50(48)43-26-32-14-4-5-15-33(32)27-45(43)52(46)47-25-13-23-41-38-20-10-9-19-37(38)40-22-12-24-44(51-47)49(40)41/h4-12,14-22,24,26-30,41H,13,23,25H2,1-3H3. The first kappa shape index (κ1) is 29.9. The highest BCUT2D eigenvalue weighted by molar-refractivity contribution is 6.23. The number of hydrogen-bond acceptors (Lipinski definition) is 1. The SMILES string of the molecule is Cc1c2cc3c(c1-c1ccccc1C(C)C(C)c1ccccc1-2)c1cc2ccccc2cc1n3C1=Nc2cccc3c2C(CCC1)c1ccccc1-3. The predicted octanol–water partition coefficient (Wildman–Crippen LogP) is 13.7. The van der Waals surface area contributed by atoms with Gasteiger partial charge in [0.15, 0.2) is 0 Å². The van der Waals surface area contributed by atoms with E-state index in [0.717, 1.165) is 30.8 Å². The fourth-order valence-electron chi connectivity index (χ4n) is 10.2. The molecule has 0 N–H and O–H groups in total. The third-order valence-electron chi connectivity index (χ3n) is 12.9. The van der Waals surface area contributed by atoms with Crippen LogP contribution in [0.1, 0.15) is 78.7 Å². The lowest BCUT2D eigenvalue weighted by molar-refractivity contribution is 0.626. The molecule has 1 aromatic heterocycles. The molecule has 2 heteroatoms. The summed E-state index contributed by atoms with van der Waals surface area (Å²) in [6.07, 6.45) is 3.10. The normalized spacial score (nSPS) is 18.8. The van der Waals surface area contributed by atoms with Crippen LogP contribution < -0.4 is 0 Å². The van der Waals surface area contributed by atoms with Crippen LogP contribution in [0.2, 0.25) is 0 Å². The summed E-state index contributed by atoms with van der Waals surface area (Å²) in [4.78, 5) is 5.73. The number of aliphatic imine (C=N–C) groups is 1. The summed E-state index contributed by atoms with van der Waals surface area (Å²) >= 11 is 0. The molecule has 250 valence electrons. The van der Waals surface area contributed by atoms with Gasteiger partial charge in [0, 0.05) is 23.1 Å². The van der Waals surface area contributed by atoms with Gasteiger partial charge in [0.25, 0.3) is 0 Å². The summed E-state index contributed by atoms with van der Waals surface area (Å²) in [5.74, 6) is 2.24. The van der Waals surface area contributed by atoms with E-state index in [9.17, 15) is 0 Å². The lowest BCUT2D eigenvalue weighted by atomic mass is 9.80. The summed E-state index contributed by atoms with van der Waals surface area (Å²) in [6.45, 7) is 7.20. The van der Waals surface area contributed by atoms with Crippen LogP contribution in [0.5, 0.6) is 0 Å². The zero-order valence-electron chi connectivity index (χ0n) is 29.9. The van der Waals surface area contributed by atoms with Gasteiger partial charge in [0.2, 0.25) is 0 Å². The van der Waals surface area contributed by atoms with E-state index in [4.69, 9.17) is 4.99 Å². The Kier molecular flexibility index (Phi) is 6.41.